The summed E-state index contributed by atoms with van der Waals surface area (Å²) in [4.78, 5) is 38.5. The van der Waals surface area contributed by atoms with Crippen molar-refractivity contribution in [1.82, 2.24) is 5.32 Å². The molecule has 0 fully saturated rings. The Kier molecular flexibility index (Phi) is 7.52. The molecule has 0 aliphatic carbocycles. The summed E-state index contributed by atoms with van der Waals surface area (Å²) >= 11 is 6.06. The fourth-order valence-electron chi connectivity index (χ4n) is 3.20. The van der Waals surface area contributed by atoms with Crippen molar-refractivity contribution in [2.24, 2.45) is 0 Å². The van der Waals surface area contributed by atoms with Gasteiger partial charge in [0.2, 0.25) is 5.91 Å². The first-order valence-electron chi connectivity index (χ1n) is 10.1. The Labute approximate surface area is 186 Å². The van der Waals surface area contributed by atoms with Crippen molar-refractivity contribution in [3.05, 3.63) is 53.1 Å². The largest absolute Gasteiger partial charge is 0.484 e. The summed E-state index contributed by atoms with van der Waals surface area (Å²) in [5, 5.41) is 3.25. The standard InChI is InChI=1S/C23H25ClN2O5/c1-15(2)25-22(28)8-5-11-26-18-12-16(9-10-21(18)31-14-23(26)29)19(27)13-30-20-7-4-3-6-17(20)24/h3-4,6-7,9-10,12,15H,5,8,11,13-14H2,1-2H3,(H,25,28). The van der Waals surface area contributed by atoms with Gasteiger partial charge in [0.25, 0.3) is 5.91 Å². The van der Waals surface area contributed by atoms with Gasteiger partial charge in [-0.15, -0.1) is 0 Å². The molecule has 0 radical (unpaired) electrons. The number of carbonyl (C=O) groups is 3. The molecule has 31 heavy (non-hydrogen) atoms. The second-order valence-corrected chi connectivity index (χ2v) is 7.89. The van der Waals surface area contributed by atoms with Crippen molar-refractivity contribution in [3.8, 4) is 11.5 Å². The molecule has 164 valence electrons. The fraction of sp³-hybridized carbons (Fsp3) is 0.348. The number of Topliss-reactive ketones (excluding diaryl/α,β-unsaturated/α-hetero) is 1. The maximum absolute atomic E-state index is 12.6. The van der Waals surface area contributed by atoms with E-state index in [9.17, 15) is 14.4 Å². The van der Waals surface area contributed by atoms with Gasteiger partial charge in [-0.05, 0) is 50.6 Å². The van der Waals surface area contributed by atoms with Gasteiger partial charge < -0.3 is 19.7 Å². The van der Waals surface area contributed by atoms with E-state index in [0.29, 0.717) is 47.2 Å². The van der Waals surface area contributed by atoms with Gasteiger partial charge in [0.05, 0.1) is 10.7 Å². The molecule has 0 unspecified atom stereocenters. The first kappa shape index (κ1) is 22.6. The predicted octanol–water partition coefficient (Wildman–Crippen LogP) is 3.63. The Hall–Kier alpha value is -3.06. The minimum atomic E-state index is -0.253. The zero-order chi connectivity index (χ0) is 22.4. The third-order valence-corrected chi connectivity index (χ3v) is 4.97. The molecule has 0 spiro atoms. The lowest BCUT2D eigenvalue weighted by atomic mass is 10.1. The number of anilines is 1. The van der Waals surface area contributed by atoms with Crippen LogP contribution in [0.15, 0.2) is 42.5 Å². The molecule has 0 saturated heterocycles. The average molecular weight is 445 g/mol. The Morgan fingerprint density at radius 2 is 2.00 bits per heavy atom. The van der Waals surface area contributed by atoms with Gasteiger partial charge in [0.15, 0.2) is 19.0 Å². The van der Waals surface area contributed by atoms with Crippen LogP contribution in [0.5, 0.6) is 11.5 Å². The van der Waals surface area contributed by atoms with Crippen LogP contribution in [0.2, 0.25) is 5.02 Å². The number of carbonyl (C=O) groups excluding carboxylic acids is 3. The Bertz CT molecular complexity index is 976. The Balaban J connectivity index is 1.67. The second-order valence-electron chi connectivity index (χ2n) is 7.48. The van der Waals surface area contributed by atoms with E-state index in [1.165, 1.54) is 0 Å². The van der Waals surface area contributed by atoms with Crippen LogP contribution in [0.3, 0.4) is 0 Å². The topological polar surface area (TPSA) is 84.9 Å². The number of para-hydroxylation sites is 1. The van der Waals surface area contributed by atoms with E-state index in [1.54, 1.807) is 47.4 Å². The van der Waals surface area contributed by atoms with Crippen LogP contribution in [0.25, 0.3) is 0 Å². The summed E-state index contributed by atoms with van der Waals surface area (Å²) in [7, 11) is 0. The highest BCUT2D eigenvalue weighted by Gasteiger charge is 2.26. The predicted molar refractivity (Wildman–Crippen MR) is 118 cm³/mol. The first-order chi connectivity index (χ1) is 14.8. The molecule has 1 heterocycles. The van der Waals surface area contributed by atoms with E-state index in [-0.39, 0.29) is 36.9 Å². The number of nitrogens with zero attached hydrogens (tertiary/aromatic N) is 1. The van der Waals surface area contributed by atoms with Crippen molar-refractivity contribution >= 4 is 34.9 Å². The number of ether oxygens (including phenoxy) is 2. The van der Waals surface area contributed by atoms with Crippen LogP contribution < -0.4 is 19.7 Å². The summed E-state index contributed by atoms with van der Waals surface area (Å²) in [5.41, 5.74) is 0.913. The molecule has 2 aromatic carbocycles. The van der Waals surface area contributed by atoms with Gasteiger partial charge in [-0.3, -0.25) is 14.4 Å². The molecule has 1 N–H and O–H groups in total. The highest BCUT2D eigenvalue weighted by Crippen LogP contribution is 2.33. The molecule has 2 aromatic rings. The molecule has 2 amide bonds. The number of hydrogen-bond donors (Lipinski definition) is 1. The third-order valence-electron chi connectivity index (χ3n) is 4.65. The molecule has 0 atom stereocenters. The quantitative estimate of drug-likeness (QED) is 0.597. The highest BCUT2D eigenvalue weighted by atomic mass is 35.5. The molecule has 1 aliphatic rings. The molecule has 0 aromatic heterocycles. The van der Waals surface area contributed by atoms with E-state index in [1.807, 2.05) is 13.8 Å². The number of fused-ring (bicyclic) bond motifs is 1. The molecule has 0 saturated carbocycles. The molecular formula is C23H25ClN2O5. The fourth-order valence-corrected chi connectivity index (χ4v) is 3.39. The summed E-state index contributed by atoms with van der Waals surface area (Å²) in [6.07, 6.45) is 0.806. The molecular weight excluding hydrogens is 420 g/mol. The highest BCUT2D eigenvalue weighted by molar-refractivity contribution is 6.32. The maximum atomic E-state index is 12.6. The van der Waals surface area contributed by atoms with Gasteiger partial charge in [-0.2, -0.15) is 0 Å². The van der Waals surface area contributed by atoms with E-state index < -0.39 is 0 Å². The van der Waals surface area contributed by atoms with Crippen molar-refractivity contribution in [3.63, 3.8) is 0 Å². The summed E-state index contributed by atoms with van der Waals surface area (Å²) in [5.74, 6) is 0.423. The van der Waals surface area contributed by atoms with Crippen LogP contribution in [-0.2, 0) is 9.59 Å². The molecule has 7 nitrogen and oxygen atoms in total. The molecule has 0 bridgehead atoms. The number of amides is 2. The smallest absolute Gasteiger partial charge is 0.265 e. The van der Waals surface area contributed by atoms with Crippen LogP contribution in [0.4, 0.5) is 5.69 Å². The molecule has 1 aliphatic heterocycles. The van der Waals surface area contributed by atoms with Crippen LogP contribution in [0.1, 0.15) is 37.0 Å². The van der Waals surface area contributed by atoms with Crippen molar-refractivity contribution in [2.75, 3.05) is 24.7 Å². The van der Waals surface area contributed by atoms with Crippen LogP contribution >= 0.6 is 11.6 Å². The van der Waals surface area contributed by atoms with Crippen molar-refractivity contribution < 1.29 is 23.9 Å². The monoisotopic (exact) mass is 444 g/mol. The van der Waals surface area contributed by atoms with E-state index in [2.05, 4.69) is 5.32 Å². The number of benzene rings is 2. The average Bonchev–Trinajstić information content (AvgIpc) is 2.73. The van der Waals surface area contributed by atoms with Crippen molar-refractivity contribution in [2.45, 2.75) is 32.7 Å². The van der Waals surface area contributed by atoms with Gasteiger partial charge >= 0.3 is 0 Å². The summed E-state index contributed by atoms with van der Waals surface area (Å²) < 4.78 is 11.0. The lowest BCUT2D eigenvalue weighted by Crippen LogP contribution is -2.40. The second kappa shape index (κ2) is 10.3. The van der Waals surface area contributed by atoms with Gasteiger partial charge in [-0.25, -0.2) is 0 Å². The number of rotatable bonds is 9. The Morgan fingerprint density at radius 1 is 1.23 bits per heavy atom. The van der Waals surface area contributed by atoms with E-state index >= 15 is 0 Å². The normalized spacial score (nSPS) is 12.9. The van der Waals surface area contributed by atoms with Crippen molar-refractivity contribution in [1.29, 1.82) is 0 Å². The Morgan fingerprint density at radius 3 is 2.74 bits per heavy atom. The summed E-state index contributed by atoms with van der Waals surface area (Å²) in [6.45, 7) is 3.89. The number of nitrogens with one attached hydrogen (secondary N) is 1. The minimum absolute atomic E-state index is 0.0587. The maximum Gasteiger partial charge on any atom is 0.265 e. The van der Waals surface area contributed by atoms with Gasteiger partial charge in [-0.1, -0.05) is 23.7 Å². The van der Waals surface area contributed by atoms with E-state index in [0.717, 1.165) is 0 Å². The molecule has 3 rings (SSSR count). The van der Waals surface area contributed by atoms with Gasteiger partial charge in [0, 0.05) is 24.6 Å². The zero-order valence-electron chi connectivity index (χ0n) is 17.5. The number of ketones is 1. The third kappa shape index (κ3) is 5.98. The minimum Gasteiger partial charge on any atom is -0.484 e. The lowest BCUT2D eigenvalue weighted by molar-refractivity contribution is -0.123. The first-order valence-corrected chi connectivity index (χ1v) is 10.5. The molecule has 8 heteroatoms. The number of hydrogen-bond acceptors (Lipinski definition) is 5. The summed E-state index contributed by atoms with van der Waals surface area (Å²) in [6, 6.07) is 11.9. The SMILES string of the molecule is CC(C)NC(=O)CCCN1C(=O)COc2ccc(C(=O)COc3ccccc3Cl)cc21. The van der Waals surface area contributed by atoms with Crippen LogP contribution in [-0.4, -0.2) is 43.4 Å². The van der Waals surface area contributed by atoms with E-state index in [4.69, 9.17) is 21.1 Å². The van der Waals surface area contributed by atoms with Gasteiger partial charge in [0.1, 0.15) is 11.5 Å². The lowest BCUT2D eigenvalue weighted by Gasteiger charge is -2.29. The number of halogens is 1. The zero-order valence-corrected chi connectivity index (χ0v) is 18.3. The van der Waals surface area contributed by atoms with Crippen LogP contribution in [0, 0.1) is 0 Å².